The number of hydrogen-bond donors (Lipinski definition) is 3. The molecule has 7 nitrogen and oxygen atoms in total. The molecule has 0 aliphatic heterocycles. The molecule has 1 atom stereocenters. The predicted octanol–water partition coefficient (Wildman–Crippen LogP) is 1.58. The second kappa shape index (κ2) is 8.00. The van der Waals surface area contributed by atoms with Gasteiger partial charge in [0.15, 0.2) is 0 Å². The molecule has 0 fully saturated rings. The van der Waals surface area contributed by atoms with Gasteiger partial charge in [-0.15, -0.1) is 0 Å². The van der Waals surface area contributed by atoms with Crippen molar-refractivity contribution in [3.63, 3.8) is 0 Å². The van der Waals surface area contributed by atoms with Gasteiger partial charge in [0.25, 0.3) is 15.9 Å². The molecule has 2 aromatic carbocycles. The number of rotatable bonds is 6. The van der Waals surface area contributed by atoms with Crippen LogP contribution in [-0.2, 0) is 16.4 Å². The van der Waals surface area contributed by atoms with Gasteiger partial charge in [0.1, 0.15) is 5.50 Å². The van der Waals surface area contributed by atoms with Gasteiger partial charge in [-0.05, 0) is 29.8 Å². The van der Waals surface area contributed by atoms with E-state index < -0.39 is 21.6 Å². The average molecular weight is 382 g/mol. The Kier molecular flexibility index (Phi) is 6.00. The van der Waals surface area contributed by atoms with E-state index in [1.165, 1.54) is 12.1 Å². The molecule has 0 heterocycles. The normalized spacial score (nSPS) is 12.2. The molecule has 0 spiro atoms. The lowest BCUT2D eigenvalue weighted by molar-refractivity contribution is 0.0949. The molecule has 25 heavy (non-hydrogen) atoms. The van der Waals surface area contributed by atoms with Crippen molar-refractivity contribution in [3.8, 4) is 0 Å². The van der Waals surface area contributed by atoms with Gasteiger partial charge in [-0.1, -0.05) is 41.9 Å². The summed E-state index contributed by atoms with van der Waals surface area (Å²) in [5.41, 5.74) is 5.36. The van der Waals surface area contributed by atoms with Crippen molar-refractivity contribution in [2.24, 2.45) is 5.73 Å². The maximum Gasteiger partial charge on any atom is 0.326 e. The third-order valence-corrected chi connectivity index (χ3v) is 4.83. The SMILES string of the molecule is NC(=O)NS(=O)(=O)c1ccc(CC(Cl)NC(=O)c2ccccc2)cc1. The summed E-state index contributed by atoms with van der Waals surface area (Å²) >= 11 is 6.13. The second-order valence-corrected chi connectivity index (χ2v) is 7.33. The molecule has 4 N–H and O–H groups in total. The molecule has 2 rings (SSSR count). The fourth-order valence-corrected chi connectivity index (χ4v) is 3.22. The lowest BCUT2D eigenvalue weighted by Gasteiger charge is -2.12. The Morgan fingerprint density at radius 2 is 1.64 bits per heavy atom. The molecule has 0 aliphatic carbocycles. The number of nitrogens with two attached hydrogens (primary N) is 1. The second-order valence-electron chi connectivity index (χ2n) is 5.12. The number of halogens is 1. The summed E-state index contributed by atoms with van der Waals surface area (Å²) in [6.45, 7) is 0. The minimum absolute atomic E-state index is 0.102. The zero-order valence-corrected chi connectivity index (χ0v) is 14.5. The fourth-order valence-electron chi connectivity index (χ4n) is 2.07. The van der Waals surface area contributed by atoms with Crippen molar-refractivity contribution in [1.29, 1.82) is 0 Å². The summed E-state index contributed by atoms with van der Waals surface area (Å²) in [4.78, 5) is 22.6. The minimum Gasteiger partial charge on any atom is -0.351 e. The van der Waals surface area contributed by atoms with E-state index in [0.29, 0.717) is 17.5 Å². The van der Waals surface area contributed by atoms with Gasteiger partial charge in [0.05, 0.1) is 4.90 Å². The number of sulfonamides is 1. The van der Waals surface area contributed by atoms with E-state index in [1.807, 2.05) is 0 Å². The van der Waals surface area contributed by atoms with Crippen LogP contribution in [0.3, 0.4) is 0 Å². The molecule has 0 aromatic heterocycles. The lowest BCUT2D eigenvalue weighted by atomic mass is 10.1. The van der Waals surface area contributed by atoms with Gasteiger partial charge in [-0.2, -0.15) is 0 Å². The largest absolute Gasteiger partial charge is 0.351 e. The molecule has 0 saturated carbocycles. The first-order valence-electron chi connectivity index (χ1n) is 7.19. The van der Waals surface area contributed by atoms with Gasteiger partial charge in [-0.25, -0.2) is 17.9 Å². The highest BCUT2D eigenvalue weighted by atomic mass is 35.5. The Morgan fingerprint density at radius 1 is 1.04 bits per heavy atom. The number of alkyl halides is 1. The fraction of sp³-hybridized carbons (Fsp3) is 0.125. The summed E-state index contributed by atoms with van der Waals surface area (Å²) < 4.78 is 25.2. The number of urea groups is 1. The van der Waals surface area contributed by atoms with Crippen molar-refractivity contribution < 1.29 is 18.0 Å². The molecular weight excluding hydrogens is 366 g/mol. The van der Waals surface area contributed by atoms with Crippen molar-refractivity contribution >= 4 is 33.6 Å². The van der Waals surface area contributed by atoms with Crippen LogP contribution in [0.25, 0.3) is 0 Å². The van der Waals surface area contributed by atoms with Crippen molar-refractivity contribution in [3.05, 3.63) is 65.7 Å². The Labute approximate surface area is 150 Å². The van der Waals surface area contributed by atoms with Crippen LogP contribution in [0, 0.1) is 0 Å². The van der Waals surface area contributed by atoms with Crippen molar-refractivity contribution in [1.82, 2.24) is 10.0 Å². The molecule has 0 saturated heterocycles. The van der Waals surface area contributed by atoms with Crippen LogP contribution >= 0.6 is 11.6 Å². The third kappa shape index (κ3) is 5.47. The first-order chi connectivity index (χ1) is 11.8. The van der Waals surface area contributed by atoms with E-state index in [0.717, 1.165) is 0 Å². The molecule has 1 unspecified atom stereocenters. The monoisotopic (exact) mass is 381 g/mol. The number of carbonyl (C=O) groups is 2. The van der Waals surface area contributed by atoms with E-state index in [2.05, 4.69) is 5.32 Å². The Bertz CT molecular complexity index is 855. The lowest BCUT2D eigenvalue weighted by Crippen LogP contribution is -2.35. The van der Waals surface area contributed by atoms with Crippen molar-refractivity contribution in [2.75, 3.05) is 0 Å². The third-order valence-electron chi connectivity index (χ3n) is 3.21. The van der Waals surface area contributed by atoms with Crippen LogP contribution in [0.15, 0.2) is 59.5 Å². The van der Waals surface area contributed by atoms with Gasteiger partial charge >= 0.3 is 6.03 Å². The number of carbonyl (C=O) groups excluding carboxylic acids is 2. The summed E-state index contributed by atoms with van der Waals surface area (Å²) in [6, 6.07) is 13.2. The highest BCUT2D eigenvalue weighted by Gasteiger charge is 2.16. The summed E-state index contributed by atoms with van der Waals surface area (Å²) in [6.07, 6.45) is 0.295. The molecular formula is C16H16ClN3O4S. The van der Waals surface area contributed by atoms with Gasteiger partial charge in [-0.3, -0.25) is 4.79 Å². The molecule has 0 radical (unpaired) electrons. The van der Waals surface area contributed by atoms with Gasteiger partial charge in [0, 0.05) is 12.0 Å². The van der Waals surface area contributed by atoms with Gasteiger partial charge in [0.2, 0.25) is 0 Å². The van der Waals surface area contributed by atoms with Crippen molar-refractivity contribution in [2.45, 2.75) is 16.8 Å². The Morgan fingerprint density at radius 3 is 2.20 bits per heavy atom. The Hall–Kier alpha value is -2.58. The Balaban J connectivity index is 1.99. The predicted molar refractivity (Wildman–Crippen MR) is 93.6 cm³/mol. The average Bonchev–Trinajstić information content (AvgIpc) is 2.55. The first-order valence-corrected chi connectivity index (χ1v) is 9.11. The summed E-state index contributed by atoms with van der Waals surface area (Å²) in [5.74, 6) is -0.301. The van der Waals surface area contributed by atoms with E-state index in [-0.39, 0.29) is 10.8 Å². The molecule has 0 aliphatic rings. The minimum atomic E-state index is -3.99. The zero-order valence-electron chi connectivity index (χ0n) is 13.0. The standard InChI is InChI=1S/C16H16ClN3O4S/c17-14(19-15(21)12-4-2-1-3-5-12)10-11-6-8-13(9-7-11)25(23,24)20-16(18)22/h1-9,14H,10H2,(H,19,21)(H3,18,20,22). The maximum absolute atomic E-state index is 12.0. The van der Waals surface area contributed by atoms with Crippen LogP contribution in [0.4, 0.5) is 4.79 Å². The maximum atomic E-state index is 12.0. The molecule has 132 valence electrons. The van der Waals surface area contributed by atoms with Crippen LogP contribution in [-0.4, -0.2) is 25.9 Å². The number of nitrogens with one attached hydrogen (secondary N) is 2. The molecule has 0 bridgehead atoms. The number of amides is 3. The summed E-state index contributed by atoms with van der Waals surface area (Å²) in [7, 11) is -3.99. The zero-order chi connectivity index (χ0) is 18.4. The smallest absolute Gasteiger partial charge is 0.326 e. The van der Waals surface area contributed by atoms with E-state index in [4.69, 9.17) is 17.3 Å². The van der Waals surface area contributed by atoms with E-state index >= 15 is 0 Å². The molecule has 2 aromatic rings. The number of hydrogen-bond acceptors (Lipinski definition) is 4. The number of benzene rings is 2. The quantitative estimate of drug-likeness (QED) is 0.520. The van der Waals surface area contributed by atoms with E-state index in [1.54, 1.807) is 47.2 Å². The number of primary amides is 1. The van der Waals surface area contributed by atoms with Gasteiger partial charge < -0.3 is 11.1 Å². The topological polar surface area (TPSA) is 118 Å². The van der Waals surface area contributed by atoms with Crippen LogP contribution < -0.4 is 15.8 Å². The highest BCUT2D eigenvalue weighted by Crippen LogP contribution is 2.13. The summed E-state index contributed by atoms with van der Waals surface area (Å²) in [5, 5.41) is 2.65. The molecule has 3 amide bonds. The van der Waals surface area contributed by atoms with E-state index in [9.17, 15) is 18.0 Å². The first kappa shape index (κ1) is 18.8. The highest BCUT2D eigenvalue weighted by molar-refractivity contribution is 7.90. The van der Waals surface area contributed by atoms with Crippen LogP contribution in [0.1, 0.15) is 15.9 Å². The van der Waals surface area contributed by atoms with Crippen LogP contribution in [0.5, 0.6) is 0 Å². The van der Waals surface area contributed by atoms with Crippen LogP contribution in [0.2, 0.25) is 0 Å². The molecule has 9 heteroatoms.